The van der Waals surface area contributed by atoms with Gasteiger partial charge in [0.05, 0.1) is 22.8 Å². The lowest BCUT2D eigenvalue weighted by Crippen LogP contribution is -2.48. The van der Waals surface area contributed by atoms with E-state index < -0.39 is 6.10 Å². The van der Waals surface area contributed by atoms with Gasteiger partial charge in [-0.2, -0.15) is 5.10 Å². The summed E-state index contributed by atoms with van der Waals surface area (Å²) in [6.45, 7) is 1.73. The molecular weight excluding hydrogens is 432 g/mol. The SMILES string of the molecule is CCC(Oc1ccc(-n2cccn2)cc1)C(=O)N1CC(=O)Nc2ccc(-c3ccccn3)nc21. The highest BCUT2D eigenvalue weighted by molar-refractivity contribution is 6.10. The van der Waals surface area contributed by atoms with E-state index in [1.54, 1.807) is 41.3 Å². The molecule has 170 valence electrons. The van der Waals surface area contributed by atoms with Gasteiger partial charge in [0.15, 0.2) is 11.9 Å². The average molecular weight is 454 g/mol. The van der Waals surface area contributed by atoms with E-state index in [0.29, 0.717) is 35.1 Å². The van der Waals surface area contributed by atoms with Gasteiger partial charge in [-0.25, -0.2) is 9.67 Å². The second-order valence-corrected chi connectivity index (χ2v) is 7.71. The standard InChI is InChI=1S/C25H22N6O3/c1-2-22(34-18-9-7-17(8-10-18)31-15-5-14-27-31)25(33)30-16-23(32)28-21-12-11-20(29-24(21)30)19-6-3-4-13-26-19/h3-15,22H,2,16H2,1H3,(H,28,32). The van der Waals surface area contributed by atoms with Crippen LogP contribution in [0.5, 0.6) is 5.75 Å². The Bertz CT molecular complexity index is 1310. The summed E-state index contributed by atoms with van der Waals surface area (Å²) < 4.78 is 7.76. The fourth-order valence-corrected chi connectivity index (χ4v) is 3.74. The van der Waals surface area contributed by atoms with Crippen molar-refractivity contribution >= 4 is 23.3 Å². The molecule has 1 N–H and O–H groups in total. The van der Waals surface area contributed by atoms with Crippen LogP contribution in [0.3, 0.4) is 0 Å². The van der Waals surface area contributed by atoms with Gasteiger partial charge in [-0.05, 0) is 61.0 Å². The van der Waals surface area contributed by atoms with Crippen LogP contribution in [0.15, 0.2) is 79.3 Å². The van der Waals surface area contributed by atoms with Gasteiger partial charge in [-0.1, -0.05) is 13.0 Å². The molecule has 9 nitrogen and oxygen atoms in total. The number of pyridine rings is 2. The summed E-state index contributed by atoms with van der Waals surface area (Å²) in [5.74, 6) is 0.309. The molecule has 0 spiro atoms. The predicted octanol–water partition coefficient (Wildman–Crippen LogP) is 3.47. The zero-order valence-corrected chi connectivity index (χ0v) is 18.5. The third kappa shape index (κ3) is 4.23. The van der Waals surface area contributed by atoms with E-state index in [4.69, 9.17) is 4.74 Å². The molecule has 9 heteroatoms. The van der Waals surface area contributed by atoms with E-state index in [9.17, 15) is 9.59 Å². The van der Waals surface area contributed by atoms with Crippen LogP contribution in [0.4, 0.5) is 11.5 Å². The summed E-state index contributed by atoms with van der Waals surface area (Å²) in [5.41, 5.74) is 2.64. The first kappa shape index (κ1) is 21.3. The highest BCUT2D eigenvalue weighted by Gasteiger charge is 2.33. The molecule has 1 unspecified atom stereocenters. The summed E-state index contributed by atoms with van der Waals surface area (Å²) in [6.07, 6.45) is 4.87. The number of carbonyl (C=O) groups is 2. The number of aromatic nitrogens is 4. The van der Waals surface area contributed by atoms with Gasteiger partial charge < -0.3 is 10.1 Å². The fourth-order valence-electron chi connectivity index (χ4n) is 3.74. The molecule has 0 radical (unpaired) electrons. The minimum absolute atomic E-state index is 0.136. The third-order valence-corrected chi connectivity index (χ3v) is 5.43. The molecular formula is C25H22N6O3. The fraction of sp³-hybridized carbons (Fsp3) is 0.160. The number of benzene rings is 1. The Kier molecular flexibility index (Phi) is 5.73. The number of anilines is 2. The maximum atomic E-state index is 13.5. The van der Waals surface area contributed by atoms with Crippen LogP contribution in [0.2, 0.25) is 0 Å². The minimum Gasteiger partial charge on any atom is -0.481 e. The summed E-state index contributed by atoms with van der Waals surface area (Å²) in [5, 5.41) is 6.99. The van der Waals surface area contributed by atoms with Crippen molar-refractivity contribution in [1.29, 1.82) is 0 Å². The molecule has 5 rings (SSSR count). The molecule has 1 aromatic carbocycles. The van der Waals surface area contributed by atoms with Crippen LogP contribution >= 0.6 is 0 Å². The Morgan fingerprint density at radius 3 is 2.62 bits per heavy atom. The van der Waals surface area contributed by atoms with E-state index in [1.165, 1.54) is 4.90 Å². The average Bonchev–Trinajstić information content (AvgIpc) is 3.42. The summed E-state index contributed by atoms with van der Waals surface area (Å²) in [7, 11) is 0. The van der Waals surface area contributed by atoms with Crippen molar-refractivity contribution in [3.8, 4) is 22.8 Å². The third-order valence-electron chi connectivity index (χ3n) is 5.43. The molecule has 2 amide bonds. The Hall–Kier alpha value is -4.53. The lowest BCUT2D eigenvalue weighted by atomic mass is 10.1. The molecule has 0 saturated heterocycles. The quantitative estimate of drug-likeness (QED) is 0.479. The maximum absolute atomic E-state index is 13.5. The zero-order chi connectivity index (χ0) is 23.5. The van der Waals surface area contributed by atoms with Crippen molar-refractivity contribution in [1.82, 2.24) is 19.7 Å². The predicted molar refractivity (Wildman–Crippen MR) is 127 cm³/mol. The number of nitrogens with zero attached hydrogens (tertiary/aromatic N) is 5. The van der Waals surface area contributed by atoms with E-state index in [1.807, 2.05) is 49.5 Å². The highest BCUT2D eigenvalue weighted by atomic mass is 16.5. The van der Waals surface area contributed by atoms with Gasteiger partial charge >= 0.3 is 0 Å². The number of ether oxygens (including phenoxy) is 1. The molecule has 34 heavy (non-hydrogen) atoms. The van der Waals surface area contributed by atoms with Crippen LogP contribution in [0, 0.1) is 0 Å². The van der Waals surface area contributed by atoms with Crippen molar-refractivity contribution in [2.24, 2.45) is 0 Å². The van der Waals surface area contributed by atoms with Crippen molar-refractivity contribution < 1.29 is 14.3 Å². The van der Waals surface area contributed by atoms with Crippen LogP contribution in [0.25, 0.3) is 17.1 Å². The highest BCUT2D eigenvalue weighted by Crippen LogP contribution is 2.31. The van der Waals surface area contributed by atoms with Crippen molar-refractivity contribution in [2.45, 2.75) is 19.4 Å². The normalized spacial score (nSPS) is 13.7. The first-order valence-corrected chi connectivity index (χ1v) is 10.9. The topological polar surface area (TPSA) is 102 Å². The van der Waals surface area contributed by atoms with Crippen molar-refractivity contribution in [2.75, 3.05) is 16.8 Å². The second kappa shape index (κ2) is 9.14. The number of hydrogen-bond acceptors (Lipinski definition) is 6. The minimum atomic E-state index is -0.783. The van der Waals surface area contributed by atoms with E-state index >= 15 is 0 Å². The van der Waals surface area contributed by atoms with E-state index in [-0.39, 0.29) is 18.4 Å². The van der Waals surface area contributed by atoms with Gasteiger partial charge in [-0.15, -0.1) is 0 Å². The Balaban J connectivity index is 1.40. The molecule has 4 heterocycles. The molecule has 1 aliphatic heterocycles. The lowest BCUT2D eigenvalue weighted by Gasteiger charge is -2.31. The summed E-state index contributed by atoms with van der Waals surface area (Å²) in [6, 6.07) is 18.2. The molecule has 0 fully saturated rings. The van der Waals surface area contributed by atoms with Crippen molar-refractivity contribution in [3.05, 3.63) is 79.3 Å². The molecule has 1 aliphatic rings. The van der Waals surface area contributed by atoms with Crippen LogP contribution in [-0.2, 0) is 9.59 Å². The van der Waals surface area contributed by atoms with Gasteiger partial charge in [0.25, 0.3) is 5.91 Å². The second-order valence-electron chi connectivity index (χ2n) is 7.71. The Labute approximate surface area is 196 Å². The van der Waals surface area contributed by atoms with Gasteiger partial charge in [0.2, 0.25) is 5.91 Å². The van der Waals surface area contributed by atoms with Gasteiger partial charge in [-0.3, -0.25) is 19.5 Å². The van der Waals surface area contributed by atoms with Gasteiger partial charge in [0.1, 0.15) is 12.3 Å². The monoisotopic (exact) mass is 454 g/mol. The summed E-state index contributed by atoms with van der Waals surface area (Å²) >= 11 is 0. The smallest absolute Gasteiger partial charge is 0.269 e. The van der Waals surface area contributed by atoms with E-state index in [0.717, 1.165) is 5.69 Å². The molecule has 3 aromatic heterocycles. The molecule has 0 bridgehead atoms. The van der Waals surface area contributed by atoms with Crippen LogP contribution in [0.1, 0.15) is 13.3 Å². The number of carbonyl (C=O) groups excluding carboxylic acids is 2. The number of nitrogens with one attached hydrogen (secondary N) is 1. The van der Waals surface area contributed by atoms with Crippen LogP contribution < -0.4 is 15.0 Å². The first-order chi connectivity index (χ1) is 16.6. The first-order valence-electron chi connectivity index (χ1n) is 10.9. The van der Waals surface area contributed by atoms with Crippen molar-refractivity contribution in [3.63, 3.8) is 0 Å². The maximum Gasteiger partial charge on any atom is 0.269 e. The zero-order valence-electron chi connectivity index (χ0n) is 18.5. The molecule has 0 saturated carbocycles. The number of fused-ring (bicyclic) bond motifs is 1. The number of rotatable bonds is 6. The molecule has 1 atom stereocenters. The Morgan fingerprint density at radius 2 is 1.91 bits per heavy atom. The summed E-state index contributed by atoms with van der Waals surface area (Å²) in [4.78, 5) is 36.2. The molecule has 4 aromatic rings. The number of hydrogen-bond donors (Lipinski definition) is 1. The molecule has 0 aliphatic carbocycles. The van der Waals surface area contributed by atoms with Crippen LogP contribution in [-0.4, -0.2) is 44.2 Å². The Morgan fingerprint density at radius 1 is 1.06 bits per heavy atom. The van der Waals surface area contributed by atoms with E-state index in [2.05, 4.69) is 20.4 Å². The number of amides is 2. The lowest BCUT2D eigenvalue weighted by molar-refractivity contribution is -0.127. The largest absolute Gasteiger partial charge is 0.481 e. The van der Waals surface area contributed by atoms with Gasteiger partial charge in [0, 0.05) is 18.6 Å².